The van der Waals surface area contributed by atoms with Gasteiger partial charge < -0.3 is 9.67 Å². The quantitative estimate of drug-likeness (QED) is 0.585. The molecule has 1 fully saturated rings. The van der Waals surface area contributed by atoms with Crippen LogP contribution < -0.4 is 11.2 Å². The molecule has 1 aliphatic rings. The maximum Gasteiger partial charge on any atom is 0.331 e. The van der Waals surface area contributed by atoms with Crippen LogP contribution in [0.25, 0.3) is 10.9 Å². The number of halogens is 1. The number of fused-ring (bicyclic) bond motifs is 1. The fourth-order valence-corrected chi connectivity index (χ4v) is 4.23. The summed E-state index contributed by atoms with van der Waals surface area (Å²) in [5.41, 5.74) is -1.73. The van der Waals surface area contributed by atoms with Crippen LogP contribution in [0.4, 0.5) is 4.39 Å². The highest BCUT2D eigenvalue weighted by Crippen LogP contribution is 2.25. The lowest BCUT2D eigenvalue weighted by molar-refractivity contribution is -0.0801. The zero-order chi connectivity index (χ0) is 25.7. The number of hydrogen-bond donors (Lipinski definition) is 1. The van der Waals surface area contributed by atoms with Crippen LogP contribution in [0, 0.1) is 23.1 Å². The molecule has 3 heterocycles. The van der Waals surface area contributed by atoms with Gasteiger partial charge in [-0.1, -0.05) is 19.9 Å². The number of β-amino-alcohol motifs (C(OH)–C–C–N with tert-alkyl or cyclic N) is 1. The Morgan fingerprint density at radius 3 is 2.66 bits per heavy atom. The molecule has 10 nitrogen and oxygen atoms in total. The third kappa shape index (κ3) is 4.38. The van der Waals surface area contributed by atoms with Gasteiger partial charge in [0.1, 0.15) is 23.7 Å². The maximum atomic E-state index is 13.7. The molecule has 11 heteroatoms. The Morgan fingerprint density at radius 1 is 1.34 bits per heavy atom. The van der Waals surface area contributed by atoms with E-state index in [0.717, 1.165) is 15.7 Å². The first-order valence-electron chi connectivity index (χ1n) is 11.1. The molecule has 0 unspecified atom stereocenters. The van der Waals surface area contributed by atoms with Gasteiger partial charge in [0, 0.05) is 26.3 Å². The minimum atomic E-state index is -1.27. The molecular weight excluding hydrogens is 457 g/mol. The lowest BCUT2D eigenvalue weighted by atomic mass is 10.1. The molecule has 1 atom stereocenters. The van der Waals surface area contributed by atoms with E-state index in [0.29, 0.717) is 12.1 Å². The summed E-state index contributed by atoms with van der Waals surface area (Å²) in [5.74, 6) is -1.19. The number of hydroxylamine groups is 2. The molecule has 35 heavy (non-hydrogen) atoms. The number of carbonyl (C=O) groups is 1. The van der Waals surface area contributed by atoms with E-state index in [1.54, 1.807) is 0 Å². The van der Waals surface area contributed by atoms with E-state index >= 15 is 0 Å². The molecule has 1 N–H and O–H groups in total. The van der Waals surface area contributed by atoms with Crippen molar-refractivity contribution in [1.82, 2.24) is 18.8 Å². The van der Waals surface area contributed by atoms with E-state index in [2.05, 4.69) is 0 Å². The summed E-state index contributed by atoms with van der Waals surface area (Å²) >= 11 is 0. The molecule has 1 amide bonds. The van der Waals surface area contributed by atoms with E-state index in [1.165, 1.54) is 41.4 Å². The Hall–Kier alpha value is -3.75. The zero-order valence-corrected chi connectivity index (χ0v) is 19.9. The predicted octanol–water partition coefficient (Wildman–Crippen LogP) is 1.36. The Morgan fingerprint density at radius 2 is 2.06 bits per heavy atom. The van der Waals surface area contributed by atoms with E-state index in [-0.39, 0.29) is 47.8 Å². The second-order valence-corrected chi connectivity index (χ2v) is 9.54. The first-order valence-corrected chi connectivity index (χ1v) is 11.1. The summed E-state index contributed by atoms with van der Waals surface area (Å²) in [6.45, 7) is 5.40. The minimum absolute atomic E-state index is 0.0218. The van der Waals surface area contributed by atoms with Crippen LogP contribution in [0.5, 0.6) is 0 Å². The average molecular weight is 484 g/mol. The number of carbonyl (C=O) groups excluding carboxylic acids is 1. The molecule has 0 saturated carbocycles. The van der Waals surface area contributed by atoms with Crippen molar-refractivity contribution in [3.8, 4) is 6.07 Å². The molecule has 1 aliphatic heterocycles. The van der Waals surface area contributed by atoms with Crippen molar-refractivity contribution >= 4 is 16.8 Å². The Balaban J connectivity index is 1.99. The van der Waals surface area contributed by atoms with Gasteiger partial charge in [-0.25, -0.2) is 14.2 Å². The Kier molecular flexibility index (Phi) is 6.12. The lowest BCUT2D eigenvalue weighted by Gasteiger charge is -2.18. The summed E-state index contributed by atoms with van der Waals surface area (Å²) in [6, 6.07) is 5.67. The monoisotopic (exact) mass is 483 g/mol. The van der Waals surface area contributed by atoms with Crippen LogP contribution in [-0.2, 0) is 25.0 Å². The van der Waals surface area contributed by atoms with Crippen LogP contribution in [0.3, 0.4) is 0 Å². The van der Waals surface area contributed by atoms with Crippen molar-refractivity contribution in [2.45, 2.75) is 39.5 Å². The Labute approximate surface area is 199 Å². The van der Waals surface area contributed by atoms with E-state index < -0.39 is 28.6 Å². The van der Waals surface area contributed by atoms with Gasteiger partial charge in [-0.05, 0) is 30.5 Å². The molecule has 1 saturated heterocycles. The van der Waals surface area contributed by atoms with Gasteiger partial charge in [0.25, 0.3) is 11.5 Å². The number of amides is 1. The van der Waals surface area contributed by atoms with Crippen molar-refractivity contribution in [3.63, 3.8) is 0 Å². The van der Waals surface area contributed by atoms with Crippen LogP contribution in [0.2, 0.25) is 0 Å². The molecule has 3 aromatic rings. The number of aromatic nitrogens is 3. The molecular formula is C24H26FN5O5. The van der Waals surface area contributed by atoms with Crippen molar-refractivity contribution in [2.24, 2.45) is 13.0 Å². The van der Waals surface area contributed by atoms with E-state index in [9.17, 15) is 29.1 Å². The third-order valence-electron chi connectivity index (χ3n) is 5.91. The van der Waals surface area contributed by atoms with Crippen molar-refractivity contribution in [1.29, 1.82) is 5.26 Å². The highest BCUT2D eigenvalue weighted by atomic mass is 19.1. The smallest absolute Gasteiger partial charge is 0.331 e. The minimum Gasteiger partial charge on any atom is -0.386 e. The molecule has 0 aliphatic carbocycles. The third-order valence-corrected chi connectivity index (χ3v) is 5.91. The number of benzene rings is 1. The predicted molar refractivity (Wildman–Crippen MR) is 124 cm³/mol. The van der Waals surface area contributed by atoms with Gasteiger partial charge in [-0.3, -0.25) is 23.6 Å². The number of nitrogens with zero attached hydrogens (tertiary/aromatic N) is 5. The highest BCUT2D eigenvalue weighted by Gasteiger charge is 2.38. The van der Waals surface area contributed by atoms with E-state index in [4.69, 9.17) is 4.84 Å². The number of aliphatic hydroxyl groups is 1. The first-order chi connectivity index (χ1) is 16.4. The van der Waals surface area contributed by atoms with Gasteiger partial charge >= 0.3 is 5.69 Å². The van der Waals surface area contributed by atoms with Gasteiger partial charge in [0.2, 0.25) is 0 Å². The van der Waals surface area contributed by atoms with Crippen LogP contribution in [0.1, 0.15) is 42.4 Å². The fraction of sp³-hybridized carbons (Fsp3) is 0.417. The molecule has 1 aromatic carbocycles. The summed E-state index contributed by atoms with van der Waals surface area (Å²) in [4.78, 5) is 45.2. The molecule has 2 aromatic heterocycles. The van der Waals surface area contributed by atoms with Crippen LogP contribution >= 0.6 is 0 Å². The summed E-state index contributed by atoms with van der Waals surface area (Å²) in [5, 5.41) is 20.8. The first kappa shape index (κ1) is 24.4. The molecule has 4 rings (SSSR count). The second-order valence-electron chi connectivity index (χ2n) is 9.54. The molecule has 0 spiro atoms. The number of nitriles is 1. The SMILES string of the molecule is CC(C)Cn1c(=O)n(C)c(=O)c2c(C(=O)N3C[C@](C)(O)CO3)n(Cc3ccc(F)cc3C#N)cc21. The van der Waals surface area contributed by atoms with Gasteiger partial charge in [0.05, 0.1) is 29.1 Å². The largest absolute Gasteiger partial charge is 0.386 e. The van der Waals surface area contributed by atoms with Gasteiger partial charge in [0.15, 0.2) is 0 Å². The van der Waals surface area contributed by atoms with Crippen LogP contribution in [-0.4, -0.2) is 48.5 Å². The molecule has 184 valence electrons. The fourth-order valence-electron chi connectivity index (χ4n) is 4.23. The van der Waals surface area contributed by atoms with Crippen molar-refractivity contribution in [3.05, 3.63) is 67.9 Å². The van der Waals surface area contributed by atoms with Gasteiger partial charge in [-0.2, -0.15) is 5.26 Å². The lowest BCUT2D eigenvalue weighted by Crippen LogP contribution is -2.40. The standard InChI is InChI=1S/C24H26FN5O5/c1-14(2)9-29-18-11-28(10-15-5-6-17(25)7-16(15)8-26)20(19(18)21(31)27(4)23(29)33)22(32)30-12-24(3,34)13-35-30/h5-7,11,14,34H,9-10,12-13H2,1-4H3/t24-/m0/s1. The molecule has 0 radical (unpaired) electrons. The topological polar surface area (TPSA) is 122 Å². The average Bonchev–Trinajstić information content (AvgIpc) is 3.35. The zero-order valence-electron chi connectivity index (χ0n) is 19.9. The maximum absolute atomic E-state index is 13.7. The summed E-state index contributed by atoms with van der Waals surface area (Å²) in [6.07, 6.45) is 1.52. The normalized spacial score (nSPS) is 17.9. The van der Waals surface area contributed by atoms with Crippen LogP contribution in [0.15, 0.2) is 34.0 Å². The van der Waals surface area contributed by atoms with Crippen molar-refractivity contribution in [2.75, 3.05) is 13.2 Å². The van der Waals surface area contributed by atoms with Gasteiger partial charge in [-0.15, -0.1) is 0 Å². The number of hydrogen-bond acceptors (Lipinski definition) is 6. The Bertz CT molecular complexity index is 1490. The second kappa shape index (κ2) is 8.79. The molecule has 0 bridgehead atoms. The highest BCUT2D eigenvalue weighted by molar-refractivity contribution is 6.05. The van der Waals surface area contributed by atoms with E-state index in [1.807, 2.05) is 19.9 Å². The number of rotatable bonds is 5. The van der Waals surface area contributed by atoms with Crippen molar-refractivity contribution < 1.29 is 19.1 Å². The summed E-state index contributed by atoms with van der Waals surface area (Å²) in [7, 11) is 1.34. The summed E-state index contributed by atoms with van der Waals surface area (Å²) < 4.78 is 17.6.